The molecule has 2 rings (SSSR count). The average Bonchev–Trinajstić information content (AvgIpc) is 2.71. The monoisotopic (exact) mass is 193 g/mol. The molecule has 1 unspecified atom stereocenters. The van der Waals surface area contributed by atoms with E-state index in [-0.39, 0.29) is 5.91 Å². The first-order valence-electron chi connectivity index (χ1n) is 4.23. The first-order valence-corrected chi connectivity index (χ1v) is 4.23. The van der Waals surface area contributed by atoms with E-state index in [4.69, 9.17) is 0 Å². The van der Waals surface area contributed by atoms with Crippen LogP contribution in [0.5, 0.6) is 0 Å². The van der Waals surface area contributed by atoms with Crippen molar-refractivity contribution < 1.29 is 4.79 Å². The number of carbonyl (C=O) groups is 1. The third kappa shape index (κ3) is 1.34. The molecule has 0 spiro atoms. The van der Waals surface area contributed by atoms with E-state index < -0.39 is 6.04 Å². The van der Waals surface area contributed by atoms with Crippen LogP contribution in [0.1, 0.15) is 11.7 Å². The predicted octanol–water partition coefficient (Wildman–Crippen LogP) is -0.834. The molecule has 0 radical (unpaired) electrons. The van der Waals surface area contributed by atoms with Crippen LogP contribution < -0.4 is 10.6 Å². The Morgan fingerprint density at radius 2 is 2.43 bits per heavy atom. The highest BCUT2D eigenvalue weighted by molar-refractivity contribution is 6.06. The summed E-state index contributed by atoms with van der Waals surface area (Å²) >= 11 is 0. The van der Waals surface area contributed by atoms with E-state index in [2.05, 4.69) is 20.6 Å². The molecule has 0 aliphatic carbocycles. The summed E-state index contributed by atoms with van der Waals surface area (Å²) in [4.78, 5) is 19.4. The first-order chi connectivity index (χ1) is 6.70. The summed E-state index contributed by atoms with van der Waals surface area (Å²) in [6.07, 6.45) is 3.46. The van der Waals surface area contributed by atoms with Crippen molar-refractivity contribution in [2.24, 2.45) is 12.0 Å². The van der Waals surface area contributed by atoms with E-state index in [1.165, 1.54) is 0 Å². The summed E-state index contributed by atoms with van der Waals surface area (Å²) in [6, 6.07) is -0.421. The summed E-state index contributed by atoms with van der Waals surface area (Å²) in [5.74, 6) is 0.370. The minimum atomic E-state index is -0.421. The predicted molar refractivity (Wildman–Crippen MR) is 50.6 cm³/mol. The second kappa shape index (κ2) is 3.13. The molecule has 1 fully saturated rings. The zero-order valence-electron chi connectivity index (χ0n) is 7.98. The topological polar surface area (TPSA) is 71.3 Å². The fourth-order valence-electron chi connectivity index (χ4n) is 1.34. The summed E-state index contributed by atoms with van der Waals surface area (Å²) in [5, 5.41) is 5.55. The van der Waals surface area contributed by atoms with Crippen molar-refractivity contribution in [3.8, 4) is 0 Å². The molecule has 74 valence electrons. The van der Waals surface area contributed by atoms with Crippen LogP contribution in [0.15, 0.2) is 17.5 Å². The van der Waals surface area contributed by atoms with Gasteiger partial charge in [0.2, 0.25) is 0 Å². The lowest BCUT2D eigenvalue weighted by atomic mass is 10.2. The van der Waals surface area contributed by atoms with Crippen LogP contribution in [0.2, 0.25) is 0 Å². The molecular weight excluding hydrogens is 182 g/mol. The van der Waals surface area contributed by atoms with Gasteiger partial charge >= 0.3 is 0 Å². The molecule has 2 N–H and O–H groups in total. The summed E-state index contributed by atoms with van der Waals surface area (Å²) in [6.45, 7) is 0. The van der Waals surface area contributed by atoms with Gasteiger partial charge in [-0.05, 0) is 0 Å². The summed E-state index contributed by atoms with van der Waals surface area (Å²) in [5.41, 5.74) is 0.698. The lowest BCUT2D eigenvalue weighted by Crippen LogP contribution is -2.24. The van der Waals surface area contributed by atoms with E-state index in [1.807, 2.05) is 7.05 Å². The number of imidazole rings is 1. The first kappa shape index (κ1) is 8.74. The highest BCUT2D eigenvalue weighted by Gasteiger charge is 2.30. The molecule has 6 nitrogen and oxygen atoms in total. The van der Waals surface area contributed by atoms with Crippen LogP contribution in [0.3, 0.4) is 0 Å². The minimum absolute atomic E-state index is 0.121. The van der Waals surface area contributed by atoms with Gasteiger partial charge in [0.05, 0.1) is 12.0 Å². The molecule has 1 aromatic rings. The molecule has 0 saturated carbocycles. The van der Waals surface area contributed by atoms with E-state index in [0.29, 0.717) is 11.7 Å². The normalized spacial score (nSPS) is 23.7. The van der Waals surface area contributed by atoms with Gasteiger partial charge in [-0.2, -0.15) is 0 Å². The number of amides is 1. The van der Waals surface area contributed by atoms with Crippen LogP contribution in [0, 0.1) is 0 Å². The highest BCUT2D eigenvalue weighted by Crippen LogP contribution is 2.13. The number of hydrogen-bond acceptors (Lipinski definition) is 3. The van der Waals surface area contributed by atoms with Crippen molar-refractivity contribution in [2.45, 2.75) is 6.04 Å². The zero-order valence-corrected chi connectivity index (χ0v) is 7.98. The standard InChI is InChI=1S/C8H11N5O/c1-9-8-11-6(7(14)12-8)5-3-13(2)4-10-5/h3-4,6H,1-2H3,(H2,9,11,12,14). The number of guanidine groups is 1. The minimum Gasteiger partial charge on any atom is -0.340 e. The Hall–Kier alpha value is -1.85. The number of rotatable bonds is 1. The summed E-state index contributed by atoms with van der Waals surface area (Å²) in [7, 11) is 3.47. The van der Waals surface area contributed by atoms with Gasteiger partial charge in [0.25, 0.3) is 5.91 Å². The van der Waals surface area contributed by atoms with E-state index in [1.54, 1.807) is 24.1 Å². The van der Waals surface area contributed by atoms with Crippen LogP contribution in [-0.4, -0.2) is 28.5 Å². The van der Waals surface area contributed by atoms with Crippen LogP contribution in [0.25, 0.3) is 0 Å². The quantitative estimate of drug-likeness (QED) is 0.611. The SMILES string of the molecule is CN=C1NC(=O)C(c2cn(C)cn2)N1. The van der Waals surface area contributed by atoms with Gasteiger partial charge in [0.1, 0.15) is 0 Å². The fourth-order valence-corrected chi connectivity index (χ4v) is 1.34. The van der Waals surface area contributed by atoms with Crippen molar-refractivity contribution in [3.05, 3.63) is 18.2 Å². The Morgan fingerprint density at radius 1 is 1.64 bits per heavy atom. The maximum Gasteiger partial charge on any atom is 0.255 e. The van der Waals surface area contributed by atoms with E-state index in [0.717, 1.165) is 0 Å². The van der Waals surface area contributed by atoms with Gasteiger partial charge in [-0.25, -0.2) is 4.98 Å². The van der Waals surface area contributed by atoms with Crippen LogP contribution >= 0.6 is 0 Å². The molecule has 1 amide bonds. The molecule has 1 aliphatic heterocycles. The Morgan fingerprint density at radius 3 is 2.93 bits per heavy atom. The van der Waals surface area contributed by atoms with Crippen LogP contribution in [0.4, 0.5) is 0 Å². The average molecular weight is 193 g/mol. The molecule has 1 aliphatic rings. The Labute approximate surface area is 81.0 Å². The zero-order chi connectivity index (χ0) is 10.1. The molecule has 0 aromatic carbocycles. The number of nitrogens with zero attached hydrogens (tertiary/aromatic N) is 3. The van der Waals surface area contributed by atoms with Crippen molar-refractivity contribution in [2.75, 3.05) is 7.05 Å². The molecule has 2 heterocycles. The third-order valence-electron chi connectivity index (χ3n) is 2.03. The van der Waals surface area contributed by atoms with Gasteiger partial charge in [-0.15, -0.1) is 0 Å². The van der Waals surface area contributed by atoms with Crippen LogP contribution in [-0.2, 0) is 11.8 Å². The van der Waals surface area contributed by atoms with Crippen molar-refractivity contribution >= 4 is 11.9 Å². The Kier molecular flexibility index (Phi) is 1.95. The molecule has 1 atom stereocenters. The number of aryl methyl sites for hydroxylation is 1. The van der Waals surface area contributed by atoms with E-state index in [9.17, 15) is 4.79 Å². The third-order valence-corrected chi connectivity index (χ3v) is 2.03. The second-order valence-electron chi connectivity index (χ2n) is 3.10. The highest BCUT2D eigenvalue weighted by atomic mass is 16.2. The molecule has 1 aromatic heterocycles. The van der Waals surface area contributed by atoms with E-state index >= 15 is 0 Å². The van der Waals surface area contributed by atoms with Gasteiger partial charge in [-0.3, -0.25) is 15.1 Å². The molecular formula is C8H11N5O. The van der Waals surface area contributed by atoms with Gasteiger partial charge < -0.3 is 9.88 Å². The Bertz CT molecular complexity index is 394. The second-order valence-corrected chi connectivity index (χ2v) is 3.10. The van der Waals surface area contributed by atoms with Crippen molar-refractivity contribution in [3.63, 3.8) is 0 Å². The molecule has 0 bridgehead atoms. The molecule has 14 heavy (non-hydrogen) atoms. The van der Waals surface area contributed by atoms with Crippen molar-refractivity contribution in [1.29, 1.82) is 0 Å². The lowest BCUT2D eigenvalue weighted by molar-refractivity contribution is -0.120. The lowest BCUT2D eigenvalue weighted by Gasteiger charge is -2.02. The van der Waals surface area contributed by atoms with Gasteiger partial charge in [0, 0.05) is 20.3 Å². The maximum absolute atomic E-state index is 11.4. The number of aliphatic imine (C=N–C) groups is 1. The van der Waals surface area contributed by atoms with Crippen molar-refractivity contribution in [1.82, 2.24) is 20.2 Å². The number of aromatic nitrogens is 2. The van der Waals surface area contributed by atoms with Gasteiger partial charge in [0.15, 0.2) is 12.0 Å². The largest absolute Gasteiger partial charge is 0.340 e. The smallest absolute Gasteiger partial charge is 0.255 e. The fraction of sp³-hybridized carbons (Fsp3) is 0.375. The molecule has 6 heteroatoms. The molecule has 1 saturated heterocycles. The number of carbonyl (C=O) groups excluding carboxylic acids is 1. The summed E-state index contributed by atoms with van der Waals surface area (Å²) < 4.78 is 1.80. The Balaban J connectivity index is 2.24. The maximum atomic E-state index is 11.4. The van der Waals surface area contributed by atoms with Gasteiger partial charge in [-0.1, -0.05) is 0 Å². The number of nitrogens with one attached hydrogen (secondary N) is 2. The number of hydrogen-bond donors (Lipinski definition) is 2.